The maximum Gasteiger partial charge on any atom is 0.278 e. The lowest BCUT2D eigenvalue weighted by atomic mass is 10.0. The molecule has 5 nitrogen and oxygen atoms in total. The van der Waals surface area contributed by atoms with Gasteiger partial charge in [0.15, 0.2) is 0 Å². The molecule has 30 heavy (non-hydrogen) atoms. The van der Waals surface area contributed by atoms with Gasteiger partial charge in [-0.05, 0) is 36.7 Å². The largest absolute Gasteiger partial charge is 0.364 e. The van der Waals surface area contributed by atoms with Gasteiger partial charge in [-0.2, -0.15) is 0 Å². The molecular weight excluding hydrogens is 398 g/mol. The van der Waals surface area contributed by atoms with Crippen LogP contribution in [0.1, 0.15) is 23.6 Å². The number of imide groups is 1. The Labute approximate surface area is 182 Å². The number of aryl methyl sites for hydroxylation is 1. The van der Waals surface area contributed by atoms with Crippen molar-refractivity contribution >= 4 is 29.0 Å². The van der Waals surface area contributed by atoms with E-state index in [-0.39, 0.29) is 18.4 Å². The Morgan fingerprint density at radius 2 is 1.50 bits per heavy atom. The third-order valence-electron chi connectivity index (χ3n) is 5.87. The molecule has 2 aromatic rings. The molecule has 2 heterocycles. The van der Waals surface area contributed by atoms with Gasteiger partial charge in [0, 0.05) is 31.2 Å². The zero-order chi connectivity index (χ0) is 21.3. The van der Waals surface area contributed by atoms with Crippen molar-refractivity contribution in [3.63, 3.8) is 0 Å². The lowest BCUT2D eigenvalue weighted by molar-refractivity contribution is -0.138. The fourth-order valence-corrected chi connectivity index (χ4v) is 4.17. The number of amides is 2. The van der Waals surface area contributed by atoms with E-state index in [9.17, 15) is 9.59 Å². The first-order valence-electron chi connectivity index (χ1n) is 10.4. The highest BCUT2D eigenvalue weighted by Gasteiger charge is 2.42. The molecule has 0 unspecified atom stereocenters. The minimum atomic E-state index is -0.240. The predicted molar refractivity (Wildman–Crippen MR) is 119 cm³/mol. The van der Waals surface area contributed by atoms with Crippen LogP contribution in [0.15, 0.2) is 54.2 Å². The van der Waals surface area contributed by atoms with Crippen molar-refractivity contribution in [2.45, 2.75) is 20.4 Å². The van der Waals surface area contributed by atoms with E-state index >= 15 is 0 Å². The minimum absolute atomic E-state index is 0.213. The van der Waals surface area contributed by atoms with Gasteiger partial charge in [0.05, 0.1) is 12.1 Å². The van der Waals surface area contributed by atoms with Crippen LogP contribution >= 0.6 is 11.6 Å². The molecule has 1 fully saturated rings. The summed E-state index contributed by atoms with van der Waals surface area (Å²) in [6.07, 6.45) is 0. The number of halogens is 1. The summed E-state index contributed by atoms with van der Waals surface area (Å²) >= 11 is 6.05. The van der Waals surface area contributed by atoms with Crippen molar-refractivity contribution in [1.82, 2.24) is 14.7 Å². The zero-order valence-electron chi connectivity index (χ0n) is 17.4. The first kappa shape index (κ1) is 20.6. The zero-order valence-corrected chi connectivity index (χ0v) is 18.2. The number of piperazine rings is 1. The summed E-state index contributed by atoms with van der Waals surface area (Å²) in [5.74, 6) is -0.453. The van der Waals surface area contributed by atoms with E-state index in [0.29, 0.717) is 16.3 Å². The molecule has 0 radical (unpaired) electrons. The van der Waals surface area contributed by atoms with E-state index in [1.807, 2.05) is 43.3 Å². The molecule has 0 atom stereocenters. The Morgan fingerprint density at radius 3 is 2.10 bits per heavy atom. The number of rotatable bonds is 5. The molecule has 0 N–H and O–H groups in total. The summed E-state index contributed by atoms with van der Waals surface area (Å²) in [4.78, 5) is 32.7. The third-order valence-corrected chi connectivity index (χ3v) is 6.13. The lowest BCUT2D eigenvalue weighted by Crippen LogP contribution is -2.47. The molecule has 156 valence electrons. The number of hydrogen-bond acceptors (Lipinski definition) is 4. The van der Waals surface area contributed by atoms with Crippen LogP contribution in [0.4, 0.5) is 0 Å². The van der Waals surface area contributed by atoms with Gasteiger partial charge in [0.1, 0.15) is 5.70 Å². The third kappa shape index (κ3) is 4.00. The van der Waals surface area contributed by atoms with E-state index in [1.165, 1.54) is 4.90 Å². The highest BCUT2D eigenvalue weighted by atomic mass is 35.5. The Balaban J connectivity index is 1.69. The summed E-state index contributed by atoms with van der Waals surface area (Å²) in [6, 6.07) is 15.1. The van der Waals surface area contributed by atoms with E-state index in [1.54, 1.807) is 12.1 Å². The number of carbonyl (C=O) groups excluding carboxylic acids is 2. The molecule has 2 aliphatic rings. The SMILES string of the molecule is CCN1CCN(C2=C(c3ccc(Cl)cc3)C(=O)N(Cc3ccc(C)cc3)C2=O)CC1. The fraction of sp³-hybridized carbons (Fsp3) is 0.333. The van der Waals surface area contributed by atoms with Gasteiger partial charge in [-0.15, -0.1) is 0 Å². The van der Waals surface area contributed by atoms with Crippen LogP contribution in [0.5, 0.6) is 0 Å². The van der Waals surface area contributed by atoms with Gasteiger partial charge in [0.25, 0.3) is 11.8 Å². The minimum Gasteiger partial charge on any atom is -0.364 e. The highest BCUT2D eigenvalue weighted by molar-refractivity contribution is 6.35. The molecule has 0 saturated carbocycles. The summed E-state index contributed by atoms with van der Waals surface area (Å²) in [7, 11) is 0. The molecule has 2 aliphatic heterocycles. The van der Waals surface area contributed by atoms with Crippen LogP contribution in [0.25, 0.3) is 5.57 Å². The summed E-state index contributed by atoms with van der Waals surface area (Å²) in [5.41, 5.74) is 3.82. The molecule has 0 bridgehead atoms. The number of carbonyl (C=O) groups is 2. The first-order chi connectivity index (χ1) is 14.5. The van der Waals surface area contributed by atoms with E-state index < -0.39 is 0 Å². The molecule has 0 spiro atoms. The van der Waals surface area contributed by atoms with Crippen molar-refractivity contribution in [3.05, 3.63) is 75.9 Å². The Morgan fingerprint density at radius 1 is 0.867 bits per heavy atom. The van der Waals surface area contributed by atoms with Crippen molar-refractivity contribution in [2.24, 2.45) is 0 Å². The molecule has 4 rings (SSSR count). The molecule has 1 saturated heterocycles. The van der Waals surface area contributed by atoms with Crippen LogP contribution in [0.3, 0.4) is 0 Å². The van der Waals surface area contributed by atoms with E-state index in [0.717, 1.165) is 49.4 Å². The van der Waals surface area contributed by atoms with E-state index in [4.69, 9.17) is 11.6 Å². The fourth-order valence-electron chi connectivity index (χ4n) is 4.04. The van der Waals surface area contributed by atoms with Crippen LogP contribution < -0.4 is 0 Å². The maximum absolute atomic E-state index is 13.5. The average Bonchev–Trinajstić information content (AvgIpc) is 3.00. The van der Waals surface area contributed by atoms with Gasteiger partial charge >= 0.3 is 0 Å². The average molecular weight is 424 g/mol. The lowest BCUT2D eigenvalue weighted by Gasteiger charge is -2.36. The van der Waals surface area contributed by atoms with Gasteiger partial charge in [-0.25, -0.2) is 0 Å². The van der Waals surface area contributed by atoms with Crippen molar-refractivity contribution in [3.8, 4) is 0 Å². The highest BCUT2D eigenvalue weighted by Crippen LogP contribution is 2.33. The molecule has 2 aromatic carbocycles. The summed E-state index contributed by atoms with van der Waals surface area (Å²) in [5, 5.41) is 0.603. The van der Waals surface area contributed by atoms with Gasteiger partial charge in [-0.3, -0.25) is 14.5 Å². The normalized spacial score (nSPS) is 18.0. The quantitative estimate of drug-likeness (QED) is 0.690. The Hall–Kier alpha value is -2.63. The smallest absolute Gasteiger partial charge is 0.278 e. The monoisotopic (exact) mass is 423 g/mol. The second kappa shape index (κ2) is 8.62. The number of likely N-dealkylation sites (N-methyl/N-ethyl adjacent to an activating group) is 1. The van der Waals surface area contributed by atoms with Crippen molar-refractivity contribution in [1.29, 1.82) is 0 Å². The number of nitrogens with zero attached hydrogens (tertiary/aromatic N) is 3. The van der Waals surface area contributed by atoms with Gasteiger partial charge < -0.3 is 9.80 Å². The first-order valence-corrected chi connectivity index (χ1v) is 10.7. The van der Waals surface area contributed by atoms with Crippen LogP contribution in [-0.4, -0.2) is 59.2 Å². The number of benzene rings is 2. The molecule has 0 aromatic heterocycles. The van der Waals surface area contributed by atoms with Gasteiger partial charge in [-0.1, -0.05) is 60.5 Å². The Kier molecular flexibility index (Phi) is 5.93. The second-order valence-corrected chi connectivity index (χ2v) is 8.27. The topological polar surface area (TPSA) is 43.9 Å². The molecule has 2 amide bonds. The summed E-state index contributed by atoms with van der Waals surface area (Å²) < 4.78 is 0. The van der Waals surface area contributed by atoms with Crippen molar-refractivity contribution in [2.75, 3.05) is 32.7 Å². The van der Waals surface area contributed by atoms with E-state index in [2.05, 4.69) is 16.7 Å². The maximum atomic E-state index is 13.5. The predicted octanol–water partition coefficient (Wildman–Crippen LogP) is 3.57. The molecule has 6 heteroatoms. The van der Waals surface area contributed by atoms with Crippen LogP contribution in [0, 0.1) is 6.92 Å². The van der Waals surface area contributed by atoms with Crippen molar-refractivity contribution < 1.29 is 9.59 Å². The number of hydrogen-bond donors (Lipinski definition) is 0. The van der Waals surface area contributed by atoms with Crippen LogP contribution in [-0.2, 0) is 16.1 Å². The molecular formula is C24H26ClN3O2. The van der Waals surface area contributed by atoms with Crippen LogP contribution in [0.2, 0.25) is 5.02 Å². The van der Waals surface area contributed by atoms with Gasteiger partial charge in [0.2, 0.25) is 0 Å². The Bertz CT molecular complexity index is 975. The second-order valence-electron chi connectivity index (χ2n) is 7.83. The standard InChI is InChI=1S/C24H26ClN3O2/c1-3-26-12-14-27(15-13-26)22-21(19-8-10-20(25)11-9-19)23(29)28(24(22)30)16-18-6-4-17(2)5-7-18/h4-11H,3,12-16H2,1-2H3. The summed E-state index contributed by atoms with van der Waals surface area (Å²) in [6.45, 7) is 8.65. The molecule has 0 aliphatic carbocycles.